The Balaban J connectivity index is 3.11. The van der Waals surface area contributed by atoms with Gasteiger partial charge in [-0.25, -0.2) is 0 Å². The Labute approximate surface area is 142 Å². The fraction of sp³-hybridized carbons (Fsp3) is 0.952. The van der Waals surface area contributed by atoms with Crippen LogP contribution in [-0.4, -0.2) is 18.0 Å². The second kappa shape index (κ2) is 19.0. The van der Waals surface area contributed by atoms with Gasteiger partial charge in [0, 0.05) is 7.05 Å². The smallest absolute Gasteiger partial charge is 0.0109 e. The van der Waals surface area contributed by atoms with Gasteiger partial charge in [-0.15, -0.1) is 0 Å². The summed E-state index contributed by atoms with van der Waals surface area (Å²) < 4.78 is 0. The zero-order chi connectivity index (χ0) is 16.3. The third-order valence-electron chi connectivity index (χ3n) is 4.66. The quantitative estimate of drug-likeness (QED) is 0.239. The highest BCUT2D eigenvalue weighted by molar-refractivity contribution is 4.57. The first kappa shape index (κ1) is 22.0. The van der Waals surface area contributed by atoms with Crippen LogP contribution in [0, 0.1) is 7.05 Å². The van der Waals surface area contributed by atoms with E-state index in [1.165, 1.54) is 116 Å². The predicted octanol–water partition coefficient (Wildman–Crippen LogP) is 7.36. The molecule has 133 valence electrons. The first-order chi connectivity index (χ1) is 10.8. The van der Waals surface area contributed by atoms with Gasteiger partial charge in [0.2, 0.25) is 0 Å². The predicted molar refractivity (Wildman–Crippen MR) is 102 cm³/mol. The zero-order valence-electron chi connectivity index (χ0n) is 15.9. The maximum Gasteiger partial charge on any atom is 0.0109 e. The molecule has 0 N–H and O–H groups in total. The fourth-order valence-corrected chi connectivity index (χ4v) is 3.05. The Kier molecular flexibility index (Phi) is 19.0. The van der Waals surface area contributed by atoms with E-state index in [0.29, 0.717) is 0 Å². The first-order valence-electron chi connectivity index (χ1n) is 10.4. The molecule has 0 aliphatic heterocycles. The SMILES string of the molecule is [CH2]N(CCCCCCCCCC)CCCCCCCCCC. The lowest BCUT2D eigenvalue weighted by atomic mass is 10.1. The number of unbranched alkanes of at least 4 members (excludes halogenated alkanes) is 14. The first-order valence-corrected chi connectivity index (χ1v) is 10.4. The van der Waals surface area contributed by atoms with Gasteiger partial charge in [0.25, 0.3) is 0 Å². The lowest BCUT2D eigenvalue weighted by Gasteiger charge is -2.16. The molecule has 0 aromatic carbocycles. The molecule has 0 fully saturated rings. The highest BCUT2D eigenvalue weighted by atomic mass is 15.1. The van der Waals surface area contributed by atoms with Gasteiger partial charge in [0.05, 0.1) is 0 Å². The molecule has 0 saturated carbocycles. The summed E-state index contributed by atoms with van der Waals surface area (Å²) in [6, 6.07) is 0. The standard InChI is InChI=1S/C21H44N/c1-4-6-8-10-12-14-16-18-20-22(3)21-19-17-15-13-11-9-7-5-2/h3-21H2,1-2H3. The van der Waals surface area contributed by atoms with Crippen LogP contribution in [0.3, 0.4) is 0 Å². The summed E-state index contributed by atoms with van der Waals surface area (Å²) >= 11 is 0. The van der Waals surface area contributed by atoms with E-state index in [1.807, 2.05) is 0 Å². The minimum Gasteiger partial charge on any atom is -0.302 e. The normalized spacial score (nSPS) is 11.5. The highest BCUT2D eigenvalue weighted by Gasteiger charge is 1.99. The van der Waals surface area contributed by atoms with Crippen molar-refractivity contribution in [3.63, 3.8) is 0 Å². The van der Waals surface area contributed by atoms with Gasteiger partial charge in [0.15, 0.2) is 0 Å². The van der Waals surface area contributed by atoms with Crippen LogP contribution < -0.4 is 0 Å². The molecule has 0 bridgehead atoms. The molecule has 0 amide bonds. The summed E-state index contributed by atoms with van der Waals surface area (Å²) in [6.45, 7) is 6.97. The van der Waals surface area contributed by atoms with E-state index in [2.05, 4.69) is 25.8 Å². The van der Waals surface area contributed by atoms with Crippen LogP contribution in [0.1, 0.15) is 117 Å². The van der Waals surface area contributed by atoms with Gasteiger partial charge in [-0.05, 0) is 25.9 Å². The van der Waals surface area contributed by atoms with Gasteiger partial charge in [-0.2, -0.15) is 0 Å². The second-order valence-corrected chi connectivity index (χ2v) is 7.07. The molecule has 0 aliphatic carbocycles. The molecular formula is C21H44N. The van der Waals surface area contributed by atoms with Crippen molar-refractivity contribution in [1.29, 1.82) is 0 Å². The molecule has 0 heterocycles. The van der Waals surface area contributed by atoms with Gasteiger partial charge in [-0.1, -0.05) is 104 Å². The molecule has 22 heavy (non-hydrogen) atoms. The van der Waals surface area contributed by atoms with Crippen molar-refractivity contribution in [3.05, 3.63) is 7.05 Å². The van der Waals surface area contributed by atoms with Crippen LogP contribution in [0.4, 0.5) is 0 Å². The minimum atomic E-state index is 1.20. The van der Waals surface area contributed by atoms with Crippen LogP contribution in [0.25, 0.3) is 0 Å². The Morgan fingerprint density at radius 2 is 0.727 bits per heavy atom. The molecular weight excluding hydrogens is 266 g/mol. The lowest BCUT2D eigenvalue weighted by molar-refractivity contribution is 0.344. The van der Waals surface area contributed by atoms with Crippen LogP contribution in [0.5, 0.6) is 0 Å². The summed E-state index contributed by atoms with van der Waals surface area (Å²) in [7, 11) is 4.19. The molecule has 1 heteroatoms. The van der Waals surface area contributed by atoms with Crippen molar-refractivity contribution < 1.29 is 0 Å². The van der Waals surface area contributed by atoms with Crippen LogP contribution in [0.2, 0.25) is 0 Å². The van der Waals surface area contributed by atoms with E-state index in [9.17, 15) is 0 Å². The Hall–Kier alpha value is -0.0400. The van der Waals surface area contributed by atoms with Gasteiger partial charge < -0.3 is 4.90 Å². The average Bonchev–Trinajstić information content (AvgIpc) is 2.52. The fourth-order valence-electron chi connectivity index (χ4n) is 3.05. The van der Waals surface area contributed by atoms with Crippen molar-refractivity contribution in [2.24, 2.45) is 0 Å². The number of hydrogen-bond donors (Lipinski definition) is 0. The molecule has 0 atom stereocenters. The third-order valence-corrected chi connectivity index (χ3v) is 4.66. The molecule has 0 saturated heterocycles. The Bertz CT molecular complexity index is 170. The van der Waals surface area contributed by atoms with E-state index in [-0.39, 0.29) is 0 Å². The summed E-state index contributed by atoms with van der Waals surface area (Å²) in [6.07, 6.45) is 22.5. The van der Waals surface area contributed by atoms with Crippen molar-refractivity contribution >= 4 is 0 Å². The largest absolute Gasteiger partial charge is 0.302 e. The highest BCUT2D eigenvalue weighted by Crippen LogP contribution is 2.10. The maximum atomic E-state index is 4.19. The maximum absolute atomic E-state index is 4.19. The molecule has 0 aliphatic rings. The van der Waals surface area contributed by atoms with E-state index < -0.39 is 0 Å². The number of rotatable bonds is 18. The van der Waals surface area contributed by atoms with Crippen molar-refractivity contribution in [2.75, 3.05) is 13.1 Å². The molecule has 0 spiro atoms. The van der Waals surface area contributed by atoms with Crippen LogP contribution >= 0.6 is 0 Å². The van der Waals surface area contributed by atoms with Crippen molar-refractivity contribution in [3.8, 4) is 0 Å². The van der Waals surface area contributed by atoms with E-state index in [1.54, 1.807) is 0 Å². The zero-order valence-corrected chi connectivity index (χ0v) is 15.9. The Morgan fingerprint density at radius 1 is 0.455 bits per heavy atom. The number of nitrogens with zero attached hydrogens (tertiary/aromatic N) is 1. The van der Waals surface area contributed by atoms with Crippen LogP contribution in [0.15, 0.2) is 0 Å². The summed E-state index contributed by atoms with van der Waals surface area (Å²) in [5.74, 6) is 0. The minimum absolute atomic E-state index is 1.20. The van der Waals surface area contributed by atoms with Crippen molar-refractivity contribution in [2.45, 2.75) is 117 Å². The summed E-state index contributed by atoms with van der Waals surface area (Å²) in [5.41, 5.74) is 0. The Morgan fingerprint density at radius 3 is 1.05 bits per heavy atom. The molecule has 1 nitrogen and oxygen atoms in total. The molecule has 1 radical (unpaired) electrons. The summed E-state index contributed by atoms with van der Waals surface area (Å²) in [4.78, 5) is 2.30. The molecule has 0 aromatic rings. The monoisotopic (exact) mass is 310 g/mol. The van der Waals surface area contributed by atoms with Gasteiger partial charge in [0.1, 0.15) is 0 Å². The number of hydrogen-bond acceptors (Lipinski definition) is 1. The van der Waals surface area contributed by atoms with E-state index in [0.717, 1.165) is 0 Å². The van der Waals surface area contributed by atoms with Crippen LogP contribution in [-0.2, 0) is 0 Å². The van der Waals surface area contributed by atoms with Crippen molar-refractivity contribution in [1.82, 2.24) is 4.90 Å². The van der Waals surface area contributed by atoms with E-state index in [4.69, 9.17) is 0 Å². The van der Waals surface area contributed by atoms with Gasteiger partial charge >= 0.3 is 0 Å². The third kappa shape index (κ3) is 18.0. The molecule has 0 aromatic heterocycles. The second-order valence-electron chi connectivity index (χ2n) is 7.07. The average molecular weight is 311 g/mol. The lowest BCUT2D eigenvalue weighted by Crippen LogP contribution is -2.18. The topological polar surface area (TPSA) is 3.24 Å². The van der Waals surface area contributed by atoms with Gasteiger partial charge in [-0.3, -0.25) is 0 Å². The van der Waals surface area contributed by atoms with E-state index >= 15 is 0 Å². The summed E-state index contributed by atoms with van der Waals surface area (Å²) in [5, 5.41) is 0. The molecule has 0 unspecified atom stereocenters. The molecule has 0 rings (SSSR count).